The molecule has 2 aromatic rings. The average molecular weight is 418 g/mol. The van der Waals surface area contributed by atoms with Crippen molar-refractivity contribution in [3.05, 3.63) is 41.4 Å². The van der Waals surface area contributed by atoms with Crippen LogP contribution >= 0.6 is 23.4 Å². The Bertz CT molecular complexity index is 997. The second-order valence-electron chi connectivity index (χ2n) is 6.45. The highest BCUT2D eigenvalue weighted by Gasteiger charge is 2.29. The third-order valence-corrected chi connectivity index (χ3v) is 5.84. The number of anilines is 3. The first-order valence-corrected chi connectivity index (χ1v) is 9.83. The molecule has 0 saturated carbocycles. The SMILES string of the molecule is C[C@H]1Oc2ccc(NC(=O)C[C@@H]3Sc4ccc(Cl)cc4NC3=O)cc2NC1=O. The molecule has 3 N–H and O–H groups in total. The number of halogens is 1. The molecule has 0 unspecified atom stereocenters. The maximum absolute atomic E-state index is 12.4. The summed E-state index contributed by atoms with van der Waals surface area (Å²) in [4.78, 5) is 37.3. The fraction of sp³-hybridized carbons (Fsp3) is 0.211. The molecule has 2 aromatic carbocycles. The van der Waals surface area contributed by atoms with Crippen LogP contribution in [-0.4, -0.2) is 29.1 Å². The fourth-order valence-corrected chi connectivity index (χ4v) is 4.19. The monoisotopic (exact) mass is 417 g/mol. The number of amides is 3. The van der Waals surface area contributed by atoms with Crippen LogP contribution in [-0.2, 0) is 14.4 Å². The first-order valence-electron chi connectivity index (χ1n) is 8.57. The molecule has 28 heavy (non-hydrogen) atoms. The number of hydrogen-bond donors (Lipinski definition) is 3. The molecule has 2 atom stereocenters. The lowest BCUT2D eigenvalue weighted by Gasteiger charge is -2.24. The minimum Gasteiger partial charge on any atom is -0.479 e. The molecule has 0 aliphatic carbocycles. The molecule has 2 aliphatic heterocycles. The van der Waals surface area contributed by atoms with Gasteiger partial charge >= 0.3 is 0 Å². The van der Waals surface area contributed by atoms with Gasteiger partial charge in [0.15, 0.2) is 6.10 Å². The Morgan fingerprint density at radius 1 is 1.14 bits per heavy atom. The van der Waals surface area contributed by atoms with Crippen molar-refractivity contribution >= 4 is 58.1 Å². The molecule has 0 spiro atoms. The summed E-state index contributed by atoms with van der Waals surface area (Å²) < 4.78 is 5.49. The van der Waals surface area contributed by atoms with Crippen molar-refractivity contribution in [2.45, 2.75) is 29.6 Å². The van der Waals surface area contributed by atoms with Crippen molar-refractivity contribution < 1.29 is 19.1 Å². The van der Waals surface area contributed by atoms with Gasteiger partial charge < -0.3 is 20.7 Å². The van der Waals surface area contributed by atoms with Crippen molar-refractivity contribution in [1.82, 2.24) is 0 Å². The number of ether oxygens (including phenoxy) is 1. The number of hydrogen-bond acceptors (Lipinski definition) is 5. The number of rotatable bonds is 3. The Morgan fingerprint density at radius 2 is 1.93 bits per heavy atom. The van der Waals surface area contributed by atoms with E-state index in [9.17, 15) is 14.4 Å². The number of thioether (sulfide) groups is 1. The molecule has 2 aliphatic rings. The van der Waals surface area contributed by atoms with E-state index >= 15 is 0 Å². The quantitative estimate of drug-likeness (QED) is 0.710. The van der Waals surface area contributed by atoms with Gasteiger partial charge in [0.25, 0.3) is 5.91 Å². The number of carbonyl (C=O) groups excluding carboxylic acids is 3. The molecule has 2 heterocycles. The fourth-order valence-electron chi connectivity index (χ4n) is 2.92. The normalized spacial score (nSPS) is 20.2. The Balaban J connectivity index is 1.42. The van der Waals surface area contributed by atoms with Crippen LogP contribution in [0.5, 0.6) is 5.75 Å². The Morgan fingerprint density at radius 3 is 2.75 bits per heavy atom. The van der Waals surface area contributed by atoms with Gasteiger partial charge in [0.1, 0.15) is 5.75 Å². The van der Waals surface area contributed by atoms with Crippen LogP contribution in [0.4, 0.5) is 17.1 Å². The summed E-state index contributed by atoms with van der Waals surface area (Å²) in [5, 5.41) is 8.26. The maximum Gasteiger partial charge on any atom is 0.265 e. The minimum absolute atomic E-state index is 0.00947. The molecule has 144 valence electrons. The summed E-state index contributed by atoms with van der Waals surface area (Å²) in [6, 6.07) is 10.2. The van der Waals surface area contributed by atoms with Gasteiger partial charge in [-0.2, -0.15) is 0 Å². The van der Waals surface area contributed by atoms with Crippen LogP contribution < -0.4 is 20.7 Å². The highest BCUT2D eigenvalue weighted by molar-refractivity contribution is 8.01. The van der Waals surface area contributed by atoms with Gasteiger partial charge in [0.05, 0.1) is 16.6 Å². The number of benzene rings is 2. The zero-order chi connectivity index (χ0) is 19.8. The van der Waals surface area contributed by atoms with Gasteiger partial charge in [-0.15, -0.1) is 11.8 Å². The summed E-state index contributed by atoms with van der Waals surface area (Å²) >= 11 is 7.27. The molecule has 0 fully saturated rings. The van der Waals surface area contributed by atoms with Crippen LogP contribution in [0.15, 0.2) is 41.3 Å². The molecular weight excluding hydrogens is 402 g/mol. The van der Waals surface area contributed by atoms with Crippen LogP contribution in [0.25, 0.3) is 0 Å². The van der Waals surface area contributed by atoms with Crippen molar-refractivity contribution in [3.8, 4) is 5.75 Å². The minimum atomic E-state index is -0.562. The second-order valence-corrected chi connectivity index (χ2v) is 8.13. The third kappa shape index (κ3) is 3.79. The lowest BCUT2D eigenvalue weighted by Crippen LogP contribution is -2.34. The predicted molar refractivity (Wildman–Crippen MR) is 108 cm³/mol. The molecule has 3 amide bonds. The molecular formula is C19H16ClN3O4S. The van der Waals surface area contributed by atoms with Crippen LogP contribution in [0, 0.1) is 0 Å². The van der Waals surface area contributed by atoms with Crippen LogP contribution in [0.1, 0.15) is 13.3 Å². The Kier molecular flexibility index (Phi) is 4.91. The maximum atomic E-state index is 12.4. The Hall–Kier alpha value is -2.71. The van der Waals surface area contributed by atoms with Gasteiger partial charge in [0.2, 0.25) is 11.8 Å². The lowest BCUT2D eigenvalue weighted by molar-refractivity contribution is -0.122. The summed E-state index contributed by atoms with van der Waals surface area (Å²) in [5.74, 6) is -0.246. The molecule has 9 heteroatoms. The van der Waals surface area contributed by atoms with Gasteiger partial charge in [-0.25, -0.2) is 0 Å². The first-order chi connectivity index (χ1) is 13.4. The van der Waals surface area contributed by atoms with Gasteiger partial charge in [-0.1, -0.05) is 11.6 Å². The largest absolute Gasteiger partial charge is 0.479 e. The first kappa shape index (κ1) is 18.6. The average Bonchev–Trinajstić information content (AvgIpc) is 2.64. The van der Waals surface area contributed by atoms with E-state index in [-0.39, 0.29) is 24.1 Å². The lowest BCUT2D eigenvalue weighted by atomic mass is 10.2. The van der Waals surface area contributed by atoms with E-state index in [0.717, 1.165) is 4.90 Å². The highest BCUT2D eigenvalue weighted by atomic mass is 35.5. The highest BCUT2D eigenvalue weighted by Crippen LogP contribution is 2.38. The van der Waals surface area contributed by atoms with E-state index in [1.165, 1.54) is 11.8 Å². The van der Waals surface area contributed by atoms with E-state index in [2.05, 4.69) is 16.0 Å². The molecule has 0 bridgehead atoms. The zero-order valence-corrected chi connectivity index (χ0v) is 16.3. The summed E-state index contributed by atoms with van der Waals surface area (Å²) in [5.41, 5.74) is 1.66. The van der Waals surface area contributed by atoms with Crippen molar-refractivity contribution in [2.75, 3.05) is 16.0 Å². The van der Waals surface area contributed by atoms with Gasteiger partial charge in [-0.05, 0) is 43.3 Å². The van der Waals surface area contributed by atoms with E-state index < -0.39 is 11.4 Å². The smallest absolute Gasteiger partial charge is 0.265 e. The zero-order valence-electron chi connectivity index (χ0n) is 14.7. The summed E-state index contributed by atoms with van der Waals surface area (Å²) in [7, 11) is 0. The second kappa shape index (κ2) is 7.37. The standard InChI is InChI=1S/C19H16ClN3O4S/c1-9-18(25)22-12-7-11(3-4-14(12)27-9)21-17(24)8-16-19(26)23-13-6-10(20)2-5-15(13)28-16/h2-7,9,16H,8H2,1H3,(H,21,24)(H,22,25)(H,23,26)/t9-,16+/m1/s1. The molecule has 7 nitrogen and oxygen atoms in total. The van der Waals surface area contributed by atoms with Crippen molar-refractivity contribution in [2.24, 2.45) is 0 Å². The van der Waals surface area contributed by atoms with Crippen molar-refractivity contribution in [1.29, 1.82) is 0 Å². The van der Waals surface area contributed by atoms with Gasteiger partial charge in [0, 0.05) is 22.0 Å². The van der Waals surface area contributed by atoms with E-state index in [4.69, 9.17) is 16.3 Å². The summed E-state index contributed by atoms with van der Waals surface area (Å²) in [6.07, 6.45) is -0.553. The predicted octanol–water partition coefficient (Wildman–Crippen LogP) is 3.50. The van der Waals surface area contributed by atoms with Crippen LogP contribution in [0.2, 0.25) is 5.02 Å². The number of fused-ring (bicyclic) bond motifs is 2. The topological polar surface area (TPSA) is 96.5 Å². The van der Waals surface area contributed by atoms with Crippen LogP contribution in [0.3, 0.4) is 0 Å². The molecule has 0 saturated heterocycles. The number of nitrogens with one attached hydrogen (secondary N) is 3. The Labute approximate surface area is 170 Å². The van der Waals surface area contributed by atoms with E-state index in [0.29, 0.717) is 27.8 Å². The molecule has 0 radical (unpaired) electrons. The third-order valence-electron chi connectivity index (χ3n) is 4.33. The van der Waals surface area contributed by atoms with Gasteiger partial charge in [-0.3, -0.25) is 14.4 Å². The van der Waals surface area contributed by atoms with E-state index in [1.807, 2.05) is 6.07 Å². The molecule has 0 aromatic heterocycles. The van der Waals surface area contributed by atoms with E-state index in [1.54, 1.807) is 37.3 Å². The molecule has 4 rings (SSSR count). The summed E-state index contributed by atoms with van der Waals surface area (Å²) in [6.45, 7) is 1.66. The van der Waals surface area contributed by atoms with Crippen molar-refractivity contribution in [3.63, 3.8) is 0 Å². The number of carbonyl (C=O) groups is 3.